The molecule has 4 aromatic carbocycles. The summed E-state index contributed by atoms with van der Waals surface area (Å²) in [4.78, 5) is 0. The van der Waals surface area contributed by atoms with Crippen molar-refractivity contribution in [2.24, 2.45) is 0 Å². The van der Waals surface area contributed by atoms with E-state index in [9.17, 15) is 0 Å². The van der Waals surface area contributed by atoms with Crippen LogP contribution in [-0.4, -0.2) is 7.12 Å². The van der Waals surface area contributed by atoms with E-state index in [0.717, 1.165) is 26.1 Å². The van der Waals surface area contributed by atoms with Crippen molar-refractivity contribution in [1.82, 2.24) is 0 Å². The SMILES string of the molecule is O=P(c1ccccc1)(c1ccc(Br)cc1)C1OB(c2ccccc2)Oc2ccccc21. The Bertz CT molecular complexity index is 1230. The number of fused-ring (bicyclic) bond motifs is 1. The van der Waals surface area contributed by atoms with E-state index in [0.29, 0.717) is 5.75 Å². The van der Waals surface area contributed by atoms with Crippen LogP contribution in [-0.2, 0) is 9.22 Å². The first kappa shape index (κ1) is 20.3. The fraction of sp³-hybridized carbons (Fsp3) is 0.0400. The molecule has 2 atom stereocenters. The molecule has 1 aliphatic heterocycles. The van der Waals surface area contributed by atoms with Crippen LogP contribution in [0.4, 0.5) is 0 Å². The van der Waals surface area contributed by atoms with Gasteiger partial charge < -0.3 is 13.9 Å². The highest BCUT2D eigenvalue weighted by Gasteiger charge is 2.46. The molecule has 31 heavy (non-hydrogen) atoms. The summed E-state index contributed by atoms with van der Waals surface area (Å²) in [5, 5.41) is 1.50. The summed E-state index contributed by atoms with van der Waals surface area (Å²) in [6, 6.07) is 34.8. The van der Waals surface area contributed by atoms with Crippen molar-refractivity contribution in [3.05, 3.63) is 119 Å². The Morgan fingerprint density at radius 1 is 0.710 bits per heavy atom. The number of halogens is 1. The van der Waals surface area contributed by atoms with Crippen LogP contribution in [0, 0.1) is 0 Å². The molecule has 0 radical (unpaired) electrons. The molecule has 0 saturated heterocycles. The van der Waals surface area contributed by atoms with Gasteiger partial charge in [0.15, 0.2) is 7.14 Å². The van der Waals surface area contributed by atoms with Gasteiger partial charge in [-0.1, -0.05) is 94.8 Å². The quantitative estimate of drug-likeness (QED) is 0.290. The largest absolute Gasteiger partial charge is 0.563 e. The molecule has 2 unspecified atom stereocenters. The van der Waals surface area contributed by atoms with E-state index >= 15 is 4.57 Å². The summed E-state index contributed by atoms with van der Waals surface area (Å²) >= 11 is 3.49. The molecule has 0 fully saturated rings. The molecule has 0 amide bonds. The van der Waals surface area contributed by atoms with E-state index in [2.05, 4.69) is 15.9 Å². The second kappa shape index (κ2) is 8.51. The lowest BCUT2D eigenvalue weighted by atomic mass is 9.78. The summed E-state index contributed by atoms with van der Waals surface area (Å²) in [5.74, 6) is 0.0205. The van der Waals surface area contributed by atoms with Crippen LogP contribution in [0.25, 0.3) is 0 Å². The minimum absolute atomic E-state index is 0.645. The zero-order valence-electron chi connectivity index (χ0n) is 16.6. The van der Waals surface area contributed by atoms with Gasteiger partial charge in [-0.3, -0.25) is 0 Å². The van der Waals surface area contributed by atoms with Crippen molar-refractivity contribution < 1.29 is 13.9 Å². The minimum Gasteiger partial charge on any atom is -0.532 e. The third-order valence-corrected chi connectivity index (χ3v) is 9.14. The molecule has 6 heteroatoms. The van der Waals surface area contributed by atoms with Gasteiger partial charge in [-0.05, 0) is 35.8 Å². The summed E-state index contributed by atoms with van der Waals surface area (Å²) in [6.45, 7) is 0. The van der Waals surface area contributed by atoms with E-state index in [4.69, 9.17) is 9.31 Å². The lowest BCUT2D eigenvalue weighted by molar-refractivity contribution is 0.220. The molecule has 0 bridgehead atoms. The topological polar surface area (TPSA) is 35.5 Å². The third kappa shape index (κ3) is 3.78. The Balaban J connectivity index is 1.71. The Labute approximate surface area is 190 Å². The van der Waals surface area contributed by atoms with Gasteiger partial charge in [0.05, 0.1) is 0 Å². The lowest BCUT2D eigenvalue weighted by Gasteiger charge is -2.36. The molecular formula is C25H19BBrO3P. The molecule has 0 spiro atoms. The van der Waals surface area contributed by atoms with Crippen LogP contribution in [0.5, 0.6) is 5.75 Å². The van der Waals surface area contributed by atoms with Crippen molar-refractivity contribution in [3.8, 4) is 5.75 Å². The normalized spacial score (nSPS) is 17.3. The minimum atomic E-state index is -3.23. The van der Waals surface area contributed by atoms with Gasteiger partial charge in [0.2, 0.25) is 0 Å². The smallest absolute Gasteiger partial charge is 0.532 e. The highest BCUT2D eigenvalue weighted by Crippen LogP contribution is 2.60. The standard InChI is InChI=1S/C25H19BBrO3P/c27-20-15-17-22(18-16-20)31(28,21-11-5-2-6-12-21)25-23-13-7-8-14-24(23)29-26(30-25)19-9-3-1-4-10-19/h1-18,25H. The first-order valence-corrected chi connectivity index (χ1v) is 12.6. The maximum absolute atomic E-state index is 15.0. The van der Waals surface area contributed by atoms with Gasteiger partial charge in [0.25, 0.3) is 0 Å². The molecule has 4 aromatic rings. The van der Waals surface area contributed by atoms with Crippen LogP contribution in [0.2, 0.25) is 0 Å². The average molecular weight is 489 g/mol. The van der Waals surface area contributed by atoms with Gasteiger partial charge in [0, 0.05) is 20.6 Å². The monoisotopic (exact) mass is 488 g/mol. The third-order valence-electron chi connectivity index (χ3n) is 5.42. The molecule has 1 aliphatic rings. The predicted molar refractivity (Wildman–Crippen MR) is 130 cm³/mol. The first-order chi connectivity index (χ1) is 15.2. The molecule has 152 valence electrons. The average Bonchev–Trinajstić information content (AvgIpc) is 2.84. The molecule has 3 nitrogen and oxygen atoms in total. The second-order valence-electron chi connectivity index (χ2n) is 7.36. The van der Waals surface area contributed by atoms with Crippen molar-refractivity contribution >= 4 is 46.3 Å². The molecule has 0 N–H and O–H groups in total. The Morgan fingerprint density at radius 3 is 2.00 bits per heavy atom. The fourth-order valence-electron chi connectivity index (χ4n) is 3.90. The molecule has 5 rings (SSSR count). The van der Waals surface area contributed by atoms with Crippen LogP contribution in [0.3, 0.4) is 0 Å². The van der Waals surface area contributed by atoms with E-state index in [1.54, 1.807) is 0 Å². The van der Waals surface area contributed by atoms with Gasteiger partial charge >= 0.3 is 7.12 Å². The van der Waals surface area contributed by atoms with E-state index in [1.165, 1.54) is 0 Å². The Hall–Kier alpha value is -2.59. The van der Waals surface area contributed by atoms with Crippen molar-refractivity contribution in [2.75, 3.05) is 0 Å². The van der Waals surface area contributed by atoms with Crippen LogP contribution in [0.1, 0.15) is 11.4 Å². The summed E-state index contributed by atoms with van der Waals surface area (Å²) in [6.07, 6.45) is 0. The number of hydrogen-bond donors (Lipinski definition) is 0. The molecule has 0 aromatic heterocycles. The van der Waals surface area contributed by atoms with Crippen molar-refractivity contribution in [2.45, 2.75) is 5.85 Å². The molecule has 0 saturated carbocycles. The Kier molecular flexibility index (Phi) is 5.58. The van der Waals surface area contributed by atoms with Gasteiger partial charge in [-0.15, -0.1) is 0 Å². The van der Waals surface area contributed by atoms with Crippen molar-refractivity contribution in [1.29, 1.82) is 0 Å². The number of hydrogen-bond acceptors (Lipinski definition) is 3. The number of para-hydroxylation sites is 1. The zero-order valence-corrected chi connectivity index (χ0v) is 19.1. The van der Waals surface area contributed by atoms with E-state index < -0.39 is 20.1 Å². The molecule has 1 heterocycles. The molecule has 0 aliphatic carbocycles. The number of rotatable bonds is 4. The van der Waals surface area contributed by atoms with Crippen LogP contribution in [0.15, 0.2) is 114 Å². The predicted octanol–water partition coefficient (Wildman–Crippen LogP) is 5.27. The van der Waals surface area contributed by atoms with E-state index in [-0.39, 0.29) is 0 Å². The summed E-state index contributed by atoms with van der Waals surface area (Å²) < 4.78 is 28.7. The maximum Gasteiger partial charge on any atom is 0.563 e. The van der Waals surface area contributed by atoms with Gasteiger partial charge in [-0.25, -0.2) is 0 Å². The first-order valence-electron chi connectivity index (χ1n) is 10.0. The van der Waals surface area contributed by atoms with Crippen LogP contribution >= 0.6 is 23.1 Å². The summed E-state index contributed by atoms with van der Waals surface area (Å²) in [7, 11) is -3.88. The highest BCUT2D eigenvalue weighted by molar-refractivity contribution is 9.10. The van der Waals surface area contributed by atoms with Gasteiger partial charge in [0.1, 0.15) is 11.6 Å². The zero-order chi connectivity index (χ0) is 21.3. The maximum atomic E-state index is 15.0. The Morgan fingerprint density at radius 2 is 1.29 bits per heavy atom. The lowest BCUT2D eigenvalue weighted by Crippen LogP contribution is -2.44. The fourth-order valence-corrected chi connectivity index (χ4v) is 7.09. The molecular weight excluding hydrogens is 470 g/mol. The van der Waals surface area contributed by atoms with E-state index in [1.807, 2.05) is 109 Å². The van der Waals surface area contributed by atoms with Crippen molar-refractivity contribution in [3.63, 3.8) is 0 Å². The second-order valence-corrected chi connectivity index (χ2v) is 11.1. The highest BCUT2D eigenvalue weighted by atomic mass is 79.9. The van der Waals surface area contributed by atoms with Crippen LogP contribution < -0.4 is 20.7 Å². The van der Waals surface area contributed by atoms with Gasteiger partial charge in [-0.2, -0.15) is 0 Å². The summed E-state index contributed by atoms with van der Waals surface area (Å²) in [5.41, 5.74) is 1.68. The number of benzene rings is 4.